The molecule has 0 unspecified atom stereocenters. The van der Waals surface area contributed by atoms with Gasteiger partial charge in [0.1, 0.15) is 17.1 Å². The van der Waals surface area contributed by atoms with Crippen LogP contribution in [0.1, 0.15) is 15.9 Å². The number of nitrogens with one attached hydrogen (secondary N) is 1. The summed E-state index contributed by atoms with van der Waals surface area (Å²) in [4.78, 5) is 22.0. The summed E-state index contributed by atoms with van der Waals surface area (Å²) in [6.07, 6.45) is 0. The van der Waals surface area contributed by atoms with E-state index >= 15 is 0 Å². The number of nitrogens with zero attached hydrogens (tertiary/aromatic N) is 1. The van der Waals surface area contributed by atoms with E-state index in [2.05, 4.69) is 5.32 Å². The summed E-state index contributed by atoms with van der Waals surface area (Å²) in [5.74, 6) is -5.16. The summed E-state index contributed by atoms with van der Waals surface area (Å²) in [7, 11) is 1.32. The van der Waals surface area contributed by atoms with E-state index < -0.39 is 33.8 Å². The number of ether oxygens (including phenoxy) is 1. The van der Waals surface area contributed by atoms with Crippen LogP contribution >= 0.6 is 0 Å². The fourth-order valence-corrected chi connectivity index (χ4v) is 2.02. The third-order valence-electron chi connectivity index (χ3n) is 3.19. The molecule has 0 atom stereocenters. The average molecular weight is 340 g/mol. The average Bonchev–Trinajstić information content (AvgIpc) is 2.56. The molecule has 0 saturated carbocycles. The van der Waals surface area contributed by atoms with Gasteiger partial charge in [-0.25, -0.2) is 13.2 Å². The Kier molecular flexibility index (Phi) is 5.02. The molecule has 0 bridgehead atoms. The zero-order chi connectivity index (χ0) is 17.9. The topological polar surface area (TPSA) is 81.5 Å². The summed E-state index contributed by atoms with van der Waals surface area (Å²) in [6, 6.07) is 4.86. The van der Waals surface area contributed by atoms with Crippen LogP contribution in [0.2, 0.25) is 0 Å². The van der Waals surface area contributed by atoms with E-state index in [1.807, 2.05) is 0 Å². The lowest BCUT2D eigenvalue weighted by molar-refractivity contribution is -0.384. The van der Waals surface area contributed by atoms with Gasteiger partial charge < -0.3 is 10.1 Å². The highest BCUT2D eigenvalue weighted by Gasteiger charge is 2.21. The predicted octanol–water partition coefficient (Wildman–Crippen LogP) is 2.95. The highest BCUT2D eigenvalue weighted by atomic mass is 19.2. The molecule has 0 fully saturated rings. The van der Waals surface area contributed by atoms with Gasteiger partial charge in [0.15, 0.2) is 11.6 Å². The molecule has 2 rings (SSSR count). The largest absolute Gasteiger partial charge is 0.496 e. The second kappa shape index (κ2) is 6.99. The molecule has 2 aromatic rings. The second-order valence-corrected chi connectivity index (χ2v) is 4.65. The van der Waals surface area contributed by atoms with Gasteiger partial charge >= 0.3 is 0 Å². The maximum absolute atomic E-state index is 13.6. The van der Waals surface area contributed by atoms with Gasteiger partial charge in [0.25, 0.3) is 11.6 Å². The molecule has 126 valence electrons. The molecule has 0 aromatic heterocycles. The normalized spacial score (nSPS) is 10.3. The van der Waals surface area contributed by atoms with E-state index in [-0.39, 0.29) is 23.5 Å². The van der Waals surface area contributed by atoms with Gasteiger partial charge in [0, 0.05) is 24.2 Å². The van der Waals surface area contributed by atoms with E-state index in [4.69, 9.17) is 4.74 Å². The Labute approximate surface area is 134 Å². The highest BCUT2D eigenvalue weighted by molar-refractivity contribution is 5.94. The van der Waals surface area contributed by atoms with Gasteiger partial charge in [-0.2, -0.15) is 0 Å². The van der Waals surface area contributed by atoms with Crippen molar-refractivity contribution in [2.75, 3.05) is 7.11 Å². The third-order valence-corrected chi connectivity index (χ3v) is 3.19. The predicted molar refractivity (Wildman–Crippen MR) is 77.1 cm³/mol. The minimum Gasteiger partial charge on any atom is -0.496 e. The van der Waals surface area contributed by atoms with Crippen molar-refractivity contribution < 1.29 is 27.6 Å². The maximum Gasteiger partial charge on any atom is 0.270 e. The molecule has 1 amide bonds. The van der Waals surface area contributed by atoms with E-state index in [9.17, 15) is 28.1 Å². The lowest BCUT2D eigenvalue weighted by atomic mass is 10.1. The zero-order valence-corrected chi connectivity index (χ0v) is 12.3. The second-order valence-electron chi connectivity index (χ2n) is 4.65. The minimum absolute atomic E-state index is 0.220. The van der Waals surface area contributed by atoms with Gasteiger partial charge in [-0.05, 0) is 18.2 Å². The van der Waals surface area contributed by atoms with Crippen LogP contribution < -0.4 is 10.1 Å². The van der Waals surface area contributed by atoms with Crippen molar-refractivity contribution in [3.63, 3.8) is 0 Å². The Hall–Kier alpha value is -3.10. The highest BCUT2D eigenvalue weighted by Crippen LogP contribution is 2.24. The van der Waals surface area contributed by atoms with Crippen molar-refractivity contribution in [2.24, 2.45) is 0 Å². The molecule has 0 spiro atoms. The molecule has 9 heteroatoms. The fraction of sp³-hybridized carbons (Fsp3) is 0.133. The number of hydrogen-bond donors (Lipinski definition) is 1. The van der Waals surface area contributed by atoms with Crippen molar-refractivity contribution in [2.45, 2.75) is 6.54 Å². The number of nitro benzene ring substituents is 1. The van der Waals surface area contributed by atoms with Crippen LogP contribution in [0.3, 0.4) is 0 Å². The maximum atomic E-state index is 13.6. The summed E-state index contributed by atoms with van der Waals surface area (Å²) in [5.41, 5.74) is -1.10. The first kappa shape index (κ1) is 17.3. The number of methoxy groups -OCH3 is 1. The van der Waals surface area contributed by atoms with Crippen LogP contribution in [0, 0.1) is 27.6 Å². The number of nitro groups is 1. The Bertz CT molecular complexity index is 812. The van der Waals surface area contributed by atoms with Crippen LogP contribution in [0.5, 0.6) is 5.75 Å². The molecule has 0 saturated heterocycles. The first-order chi connectivity index (χ1) is 11.3. The molecule has 0 heterocycles. The van der Waals surface area contributed by atoms with Crippen molar-refractivity contribution in [3.8, 4) is 5.75 Å². The van der Waals surface area contributed by atoms with Gasteiger partial charge in [-0.15, -0.1) is 0 Å². The van der Waals surface area contributed by atoms with E-state index in [0.717, 1.165) is 6.07 Å². The smallest absolute Gasteiger partial charge is 0.270 e. The molecule has 24 heavy (non-hydrogen) atoms. The zero-order valence-electron chi connectivity index (χ0n) is 12.3. The summed E-state index contributed by atoms with van der Waals surface area (Å²) in [5, 5.41) is 13.0. The number of carbonyl (C=O) groups is 1. The Balaban J connectivity index is 2.25. The quantitative estimate of drug-likeness (QED) is 0.515. The van der Waals surface area contributed by atoms with Crippen LogP contribution in [0.15, 0.2) is 30.3 Å². The molecule has 0 aliphatic carbocycles. The monoisotopic (exact) mass is 340 g/mol. The van der Waals surface area contributed by atoms with Crippen molar-refractivity contribution >= 4 is 11.6 Å². The van der Waals surface area contributed by atoms with Crippen molar-refractivity contribution in [3.05, 3.63) is 69.0 Å². The summed E-state index contributed by atoms with van der Waals surface area (Å²) >= 11 is 0. The van der Waals surface area contributed by atoms with E-state index in [1.165, 1.54) is 19.2 Å². The molecule has 0 radical (unpaired) electrons. The molecule has 0 aliphatic rings. The molecule has 1 N–H and O–H groups in total. The summed E-state index contributed by atoms with van der Waals surface area (Å²) in [6.45, 7) is -0.306. The van der Waals surface area contributed by atoms with Crippen molar-refractivity contribution in [1.82, 2.24) is 5.32 Å². The van der Waals surface area contributed by atoms with Crippen molar-refractivity contribution in [1.29, 1.82) is 0 Å². The van der Waals surface area contributed by atoms with Crippen LogP contribution in [-0.2, 0) is 6.54 Å². The third kappa shape index (κ3) is 3.45. The van der Waals surface area contributed by atoms with Crippen LogP contribution in [0.4, 0.5) is 18.9 Å². The van der Waals surface area contributed by atoms with Crippen LogP contribution in [-0.4, -0.2) is 17.9 Å². The van der Waals surface area contributed by atoms with Crippen LogP contribution in [0.25, 0.3) is 0 Å². The number of non-ortho nitro benzene ring substituents is 1. The SMILES string of the molecule is COc1ccc([N+](=O)[O-])cc1CNC(=O)c1c(F)ccc(F)c1F. The number of carbonyl (C=O) groups excluding carboxylic acids is 1. The van der Waals surface area contributed by atoms with E-state index in [0.29, 0.717) is 12.1 Å². The Morgan fingerprint density at radius 1 is 1.21 bits per heavy atom. The number of amides is 1. The number of benzene rings is 2. The first-order valence-electron chi connectivity index (χ1n) is 6.58. The Morgan fingerprint density at radius 2 is 1.88 bits per heavy atom. The van der Waals surface area contributed by atoms with Gasteiger partial charge in [-0.1, -0.05) is 0 Å². The van der Waals surface area contributed by atoms with Gasteiger partial charge in [0.05, 0.1) is 12.0 Å². The Morgan fingerprint density at radius 3 is 2.50 bits per heavy atom. The number of hydrogen-bond acceptors (Lipinski definition) is 4. The molecule has 0 aliphatic heterocycles. The summed E-state index contributed by atoms with van der Waals surface area (Å²) < 4.78 is 45.2. The number of halogens is 3. The first-order valence-corrected chi connectivity index (χ1v) is 6.58. The van der Waals surface area contributed by atoms with E-state index in [1.54, 1.807) is 0 Å². The molecular weight excluding hydrogens is 329 g/mol. The molecule has 6 nitrogen and oxygen atoms in total. The standard InChI is InChI=1S/C15H11F3N2O4/c1-24-12-5-2-9(20(22)23)6-8(12)7-19-15(21)13-10(16)3-4-11(17)14(13)18/h2-6H,7H2,1H3,(H,19,21). The molecule has 2 aromatic carbocycles. The number of rotatable bonds is 5. The minimum atomic E-state index is -1.61. The lowest BCUT2D eigenvalue weighted by Crippen LogP contribution is -2.25. The van der Waals surface area contributed by atoms with Gasteiger partial charge in [-0.3, -0.25) is 14.9 Å². The fourth-order valence-electron chi connectivity index (χ4n) is 2.02. The molecular formula is C15H11F3N2O4. The van der Waals surface area contributed by atoms with Gasteiger partial charge in [0.2, 0.25) is 0 Å². The lowest BCUT2D eigenvalue weighted by Gasteiger charge is -2.10.